The van der Waals surface area contributed by atoms with E-state index in [2.05, 4.69) is 27.8 Å². The molecule has 1 fully saturated rings. The third-order valence-electron chi connectivity index (χ3n) is 3.11. The summed E-state index contributed by atoms with van der Waals surface area (Å²) in [4.78, 5) is 2.39. The van der Waals surface area contributed by atoms with Gasteiger partial charge in [0.15, 0.2) is 0 Å². The first-order valence-corrected chi connectivity index (χ1v) is 6.85. The van der Waals surface area contributed by atoms with E-state index in [0.717, 1.165) is 36.4 Å². The maximum Gasteiger partial charge on any atom is 0.137 e. The van der Waals surface area contributed by atoms with E-state index in [1.807, 2.05) is 6.07 Å². The minimum absolute atomic E-state index is 0.0118. The number of hydrogen-bond acceptors (Lipinski definition) is 4. The molecular weight excluding hydrogens is 284 g/mol. The monoisotopic (exact) mass is 302 g/mol. The highest BCUT2D eigenvalue weighted by molar-refractivity contribution is 9.10. The third kappa shape index (κ3) is 2.73. The highest BCUT2D eigenvalue weighted by Gasteiger charge is 2.35. The number of ether oxygens (including phenoxy) is 1. The second-order valence-electron chi connectivity index (χ2n) is 4.26. The van der Waals surface area contributed by atoms with Gasteiger partial charge in [-0.3, -0.25) is 4.90 Å². The molecule has 1 saturated heterocycles. The van der Waals surface area contributed by atoms with Gasteiger partial charge < -0.3 is 14.9 Å². The molecule has 0 aromatic carbocycles. The number of morpholine rings is 1. The minimum Gasteiger partial charge on any atom is -0.466 e. The molecule has 2 N–H and O–H groups in total. The molecule has 1 aliphatic rings. The number of halogens is 1. The first-order valence-electron chi connectivity index (χ1n) is 6.06. The summed E-state index contributed by atoms with van der Waals surface area (Å²) in [6.07, 6.45) is 2.83. The van der Waals surface area contributed by atoms with Crippen molar-refractivity contribution in [3.05, 3.63) is 22.6 Å². The van der Waals surface area contributed by atoms with E-state index in [9.17, 15) is 0 Å². The van der Waals surface area contributed by atoms with Crippen LogP contribution < -0.4 is 5.73 Å². The summed E-state index contributed by atoms with van der Waals surface area (Å²) in [6, 6.07) is 2.04. The van der Waals surface area contributed by atoms with Crippen molar-refractivity contribution < 1.29 is 9.15 Å². The van der Waals surface area contributed by atoms with Gasteiger partial charge in [0.05, 0.1) is 29.5 Å². The molecule has 0 aliphatic carbocycles. The second kappa shape index (κ2) is 6.00. The fourth-order valence-corrected chi connectivity index (χ4v) is 2.81. The zero-order valence-electron chi connectivity index (χ0n) is 10.1. The lowest BCUT2D eigenvalue weighted by atomic mass is 10.0. The van der Waals surface area contributed by atoms with Gasteiger partial charge in [-0.05, 0) is 35.0 Å². The third-order valence-corrected chi connectivity index (χ3v) is 3.77. The number of rotatable bonds is 4. The molecule has 2 rings (SSSR count). The van der Waals surface area contributed by atoms with Crippen molar-refractivity contribution in [2.45, 2.75) is 25.5 Å². The van der Waals surface area contributed by atoms with Crippen molar-refractivity contribution >= 4 is 15.9 Å². The molecule has 1 aromatic heterocycles. The summed E-state index contributed by atoms with van der Waals surface area (Å²) in [5.74, 6) is 0.925. The van der Waals surface area contributed by atoms with Crippen molar-refractivity contribution in [1.29, 1.82) is 0 Å². The van der Waals surface area contributed by atoms with E-state index >= 15 is 0 Å². The van der Waals surface area contributed by atoms with Crippen molar-refractivity contribution in [1.82, 2.24) is 4.90 Å². The molecule has 1 aromatic rings. The average molecular weight is 303 g/mol. The zero-order valence-corrected chi connectivity index (χ0v) is 11.6. The molecule has 0 radical (unpaired) electrons. The van der Waals surface area contributed by atoms with Gasteiger partial charge in [-0.1, -0.05) is 6.92 Å². The summed E-state index contributed by atoms with van der Waals surface area (Å²) < 4.78 is 12.3. The zero-order chi connectivity index (χ0) is 12.3. The van der Waals surface area contributed by atoms with E-state index in [4.69, 9.17) is 14.9 Å². The van der Waals surface area contributed by atoms with Crippen LogP contribution in [0, 0.1) is 0 Å². The van der Waals surface area contributed by atoms with Crippen LogP contribution in [0.2, 0.25) is 0 Å². The van der Waals surface area contributed by atoms with Crippen LogP contribution in [-0.4, -0.2) is 37.2 Å². The average Bonchev–Trinajstić information content (AvgIpc) is 2.75. The Labute approximate surface area is 110 Å². The summed E-state index contributed by atoms with van der Waals surface area (Å²) in [6.45, 7) is 5.41. The highest BCUT2D eigenvalue weighted by atomic mass is 79.9. The van der Waals surface area contributed by atoms with Crippen LogP contribution in [0.15, 0.2) is 21.2 Å². The molecule has 96 valence electrons. The Morgan fingerprint density at radius 3 is 3.00 bits per heavy atom. The maximum absolute atomic E-state index is 5.80. The van der Waals surface area contributed by atoms with Gasteiger partial charge in [-0.2, -0.15) is 0 Å². The number of hydrogen-bond donors (Lipinski definition) is 1. The quantitative estimate of drug-likeness (QED) is 0.926. The molecule has 5 heteroatoms. The van der Waals surface area contributed by atoms with E-state index < -0.39 is 0 Å². The van der Waals surface area contributed by atoms with Gasteiger partial charge in [0.2, 0.25) is 0 Å². The normalized spacial score (nSPS) is 26.3. The topological polar surface area (TPSA) is 51.6 Å². The molecule has 0 saturated carbocycles. The Bertz CT molecular complexity index is 354. The Morgan fingerprint density at radius 1 is 1.59 bits per heavy atom. The SMILES string of the molecule is CCCN1CCOC(CN)C1c1occc1Br. The van der Waals surface area contributed by atoms with Gasteiger partial charge in [-0.25, -0.2) is 0 Å². The van der Waals surface area contributed by atoms with Crippen molar-refractivity contribution in [3.8, 4) is 0 Å². The van der Waals surface area contributed by atoms with Gasteiger partial charge in [0, 0.05) is 13.1 Å². The lowest BCUT2D eigenvalue weighted by molar-refractivity contribution is -0.0742. The number of nitrogens with zero attached hydrogens (tertiary/aromatic N) is 1. The van der Waals surface area contributed by atoms with Crippen LogP contribution in [-0.2, 0) is 4.74 Å². The van der Waals surface area contributed by atoms with Gasteiger partial charge in [0.1, 0.15) is 5.76 Å². The predicted molar refractivity (Wildman–Crippen MR) is 69.8 cm³/mol. The largest absolute Gasteiger partial charge is 0.466 e. The highest BCUT2D eigenvalue weighted by Crippen LogP contribution is 2.34. The Kier molecular flexibility index (Phi) is 4.62. The first kappa shape index (κ1) is 13.1. The standard InChI is InChI=1S/C12H19BrN2O2/c1-2-4-15-5-7-16-10(8-14)11(15)12-9(13)3-6-17-12/h3,6,10-11H,2,4-5,7-8,14H2,1H3. The fraction of sp³-hybridized carbons (Fsp3) is 0.667. The fourth-order valence-electron chi connectivity index (χ4n) is 2.37. The molecule has 0 spiro atoms. The Balaban J connectivity index is 2.25. The molecule has 0 amide bonds. The summed E-state index contributed by atoms with van der Waals surface area (Å²) >= 11 is 3.52. The van der Waals surface area contributed by atoms with Gasteiger partial charge in [0.25, 0.3) is 0 Å². The number of furan rings is 1. The Hall–Kier alpha value is -0.360. The Morgan fingerprint density at radius 2 is 2.41 bits per heavy atom. The van der Waals surface area contributed by atoms with Crippen LogP contribution in [0.1, 0.15) is 25.1 Å². The summed E-state index contributed by atoms with van der Waals surface area (Å²) in [5.41, 5.74) is 5.80. The smallest absolute Gasteiger partial charge is 0.137 e. The van der Waals surface area contributed by atoms with Crippen LogP contribution in [0.5, 0.6) is 0 Å². The van der Waals surface area contributed by atoms with Crippen LogP contribution in [0.25, 0.3) is 0 Å². The molecule has 4 nitrogen and oxygen atoms in total. The van der Waals surface area contributed by atoms with E-state index in [0.29, 0.717) is 6.54 Å². The molecule has 0 bridgehead atoms. The molecule has 1 aliphatic heterocycles. The first-order chi connectivity index (χ1) is 8.27. The predicted octanol–water partition coefficient (Wildman–Crippen LogP) is 2.15. The van der Waals surface area contributed by atoms with Crippen LogP contribution >= 0.6 is 15.9 Å². The second-order valence-corrected chi connectivity index (χ2v) is 5.11. The van der Waals surface area contributed by atoms with Crippen LogP contribution in [0.3, 0.4) is 0 Å². The van der Waals surface area contributed by atoms with E-state index in [1.165, 1.54) is 0 Å². The lowest BCUT2D eigenvalue weighted by Gasteiger charge is -2.39. The summed E-state index contributed by atoms with van der Waals surface area (Å²) in [7, 11) is 0. The van der Waals surface area contributed by atoms with Gasteiger partial charge >= 0.3 is 0 Å². The molecule has 17 heavy (non-hydrogen) atoms. The molecule has 2 unspecified atom stereocenters. The molecule has 2 heterocycles. The minimum atomic E-state index is 0.0118. The lowest BCUT2D eigenvalue weighted by Crippen LogP contribution is -2.48. The number of nitrogens with two attached hydrogens (primary N) is 1. The maximum atomic E-state index is 5.80. The molecule has 2 atom stereocenters. The summed E-state index contributed by atoms with van der Waals surface area (Å²) in [5, 5.41) is 0. The van der Waals surface area contributed by atoms with Crippen molar-refractivity contribution in [3.63, 3.8) is 0 Å². The van der Waals surface area contributed by atoms with E-state index in [1.54, 1.807) is 6.26 Å². The van der Waals surface area contributed by atoms with E-state index in [-0.39, 0.29) is 12.1 Å². The molecular formula is C12H19BrN2O2. The van der Waals surface area contributed by atoms with Crippen LogP contribution in [0.4, 0.5) is 0 Å². The van der Waals surface area contributed by atoms with Crippen molar-refractivity contribution in [2.75, 3.05) is 26.2 Å². The van der Waals surface area contributed by atoms with Crippen molar-refractivity contribution in [2.24, 2.45) is 5.73 Å². The van der Waals surface area contributed by atoms with Gasteiger partial charge in [-0.15, -0.1) is 0 Å².